The smallest absolute Gasteiger partial charge is 0.273 e. The Morgan fingerprint density at radius 1 is 1.17 bits per heavy atom. The van der Waals surface area contributed by atoms with Crippen molar-refractivity contribution in [1.82, 2.24) is 9.99 Å². The minimum atomic E-state index is -0.296. The first kappa shape index (κ1) is 15.8. The zero-order chi connectivity index (χ0) is 16.2. The van der Waals surface area contributed by atoms with Gasteiger partial charge in [0.1, 0.15) is 5.76 Å². The van der Waals surface area contributed by atoms with Gasteiger partial charge >= 0.3 is 0 Å². The van der Waals surface area contributed by atoms with Gasteiger partial charge in [0.25, 0.3) is 5.91 Å². The molecule has 0 spiro atoms. The molecule has 2 aromatic heterocycles. The van der Waals surface area contributed by atoms with E-state index in [9.17, 15) is 4.79 Å². The molecular weight excluding hydrogens is 426 g/mol. The van der Waals surface area contributed by atoms with Gasteiger partial charge in [-0.2, -0.15) is 5.10 Å². The predicted octanol–water partition coefficient (Wildman–Crippen LogP) is 4.36. The lowest BCUT2D eigenvalue weighted by Crippen LogP contribution is -2.19. The maximum absolute atomic E-state index is 12.3. The van der Waals surface area contributed by atoms with Crippen molar-refractivity contribution in [2.75, 3.05) is 0 Å². The molecule has 116 valence electrons. The highest BCUT2D eigenvalue weighted by molar-refractivity contribution is 9.13. The van der Waals surface area contributed by atoms with Crippen LogP contribution >= 0.6 is 31.9 Å². The highest BCUT2D eigenvalue weighted by atomic mass is 79.9. The molecule has 5 nitrogen and oxygen atoms in total. The van der Waals surface area contributed by atoms with E-state index in [1.54, 1.807) is 12.1 Å². The number of rotatable bonds is 4. The topological polar surface area (TPSA) is 59.5 Å². The Morgan fingerprint density at radius 2 is 1.91 bits per heavy atom. The van der Waals surface area contributed by atoms with Crippen LogP contribution < -0.4 is 5.43 Å². The predicted molar refractivity (Wildman–Crippen MR) is 94.9 cm³/mol. The number of para-hydroxylation sites is 1. The molecule has 0 aliphatic carbocycles. The van der Waals surface area contributed by atoms with Crippen LogP contribution in [-0.4, -0.2) is 16.7 Å². The number of hydrazone groups is 1. The zero-order valence-corrected chi connectivity index (χ0v) is 14.9. The lowest BCUT2D eigenvalue weighted by atomic mass is 10.1. The third kappa shape index (κ3) is 3.62. The van der Waals surface area contributed by atoms with E-state index in [1.807, 2.05) is 47.3 Å². The number of hydrogen-bond acceptors (Lipinski definition) is 3. The summed E-state index contributed by atoms with van der Waals surface area (Å²) in [6, 6.07) is 12.9. The second-order valence-electron chi connectivity index (χ2n) is 4.58. The van der Waals surface area contributed by atoms with E-state index in [0.29, 0.717) is 16.0 Å². The third-order valence-electron chi connectivity index (χ3n) is 3.05. The first-order valence-corrected chi connectivity index (χ1v) is 8.24. The molecule has 23 heavy (non-hydrogen) atoms. The summed E-state index contributed by atoms with van der Waals surface area (Å²) < 4.78 is 8.58. The van der Waals surface area contributed by atoms with E-state index >= 15 is 0 Å². The Kier molecular flexibility index (Phi) is 4.78. The average Bonchev–Trinajstić information content (AvgIpc) is 3.18. The van der Waals surface area contributed by atoms with Crippen LogP contribution in [0.2, 0.25) is 0 Å². The Bertz CT molecular complexity index is 835. The fourth-order valence-corrected chi connectivity index (χ4v) is 2.64. The van der Waals surface area contributed by atoms with E-state index in [2.05, 4.69) is 42.4 Å². The highest BCUT2D eigenvalue weighted by Gasteiger charge is 2.11. The second kappa shape index (κ2) is 6.97. The standard InChI is InChI=1S/C16H11Br2N3O2/c17-13-9-11(23-15(13)18)10-19-20-16(22)12-5-1-2-6-14(12)21-7-3-4-8-21/h1-10H,(H,20,22). The van der Waals surface area contributed by atoms with Crippen molar-refractivity contribution in [1.29, 1.82) is 0 Å². The molecule has 7 heteroatoms. The first-order chi connectivity index (χ1) is 11.1. The van der Waals surface area contributed by atoms with E-state index in [0.717, 1.165) is 10.2 Å². The summed E-state index contributed by atoms with van der Waals surface area (Å²) >= 11 is 6.55. The SMILES string of the molecule is O=C(NN=Cc1cc(Br)c(Br)o1)c1ccccc1-n1cccc1. The van der Waals surface area contributed by atoms with Crippen LogP contribution in [0.15, 0.2) is 73.5 Å². The zero-order valence-electron chi connectivity index (χ0n) is 11.7. The first-order valence-electron chi connectivity index (χ1n) is 6.66. The average molecular weight is 437 g/mol. The molecular formula is C16H11Br2N3O2. The van der Waals surface area contributed by atoms with Gasteiger partial charge in [0.2, 0.25) is 0 Å². The molecule has 0 fully saturated rings. The van der Waals surface area contributed by atoms with E-state index in [-0.39, 0.29) is 5.91 Å². The van der Waals surface area contributed by atoms with E-state index in [1.165, 1.54) is 6.21 Å². The van der Waals surface area contributed by atoms with Crippen molar-refractivity contribution in [3.05, 3.63) is 75.3 Å². The molecule has 0 radical (unpaired) electrons. The van der Waals surface area contributed by atoms with Gasteiger partial charge in [0, 0.05) is 18.5 Å². The molecule has 0 bridgehead atoms. The fourth-order valence-electron chi connectivity index (χ4n) is 2.03. The molecule has 1 aromatic carbocycles. The summed E-state index contributed by atoms with van der Waals surface area (Å²) in [6.45, 7) is 0. The van der Waals surface area contributed by atoms with Gasteiger partial charge in [0.05, 0.1) is 21.9 Å². The Labute approximate surface area is 149 Å². The van der Waals surface area contributed by atoms with Crippen molar-refractivity contribution >= 4 is 44.0 Å². The maximum Gasteiger partial charge on any atom is 0.273 e. The molecule has 0 unspecified atom stereocenters. The van der Waals surface area contributed by atoms with Crippen molar-refractivity contribution in [2.45, 2.75) is 0 Å². The minimum absolute atomic E-state index is 0.296. The largest absolute Gasteiger partial charge is 0.447 e. The Morgan fingerprint density at radius 3 is 2.61 bits per heavy atom. The molecule has 1 amide bonds. The van der Waals surface area contributed by atoms with Crippen LogP contribution in [0.5, 0.6) is 0 Å². The van der Waals surface area contributed by atoms with Gasteiger partial charge in [-0.15, -0.1) is 0 Å². The maximum atomic E-state index is 12.3. The van der Waals surface area contributed by atoms with Crippen LogP contribution in [0, 0.1) is 0 Å². The number of carbonyl (C=O) groups is 1. The summed E-state index contributed by atoms with van der Waals surface area (Å²) in [7, 11) is 0. The van der Waals surface area contributed by atoms with Crippen LogP contribution in [0.4, 0.5) is 0 Å². The quantitative estimate of drug-likeness (QED) is 0.488. The number of nitrogens with zero attached hydrogens (tertiary/aromatic N) is 2. The summed E-state index contributed by atoms with van der Waals surface area (Å²) in [6.07, 6.45) is 5.20. The van der Waals surface area contributed by atoms with Crippen LogP contribution in [-0.2, 0) is 0 Å². The third-order valence-corrected chi connectivity index (χ3v) is 4.76. The number of halogens is 2. The molecule has 0 aliphatic heterocycles. The number of carbonyl (C=O) groups excluding carboxylic acids is 1. The highest BCUT2D eigenvalue weighted by Crippen LogP contribution is 2.25. The molecule has 2 heterocycles. The van der Waals surface area contributed by atoms with Crippen LogP contribution in [0.3, 0.4) is 0 Å². The minimum Gasteiger partial charge on any atom is -0.447 e. The molecule has 0 aliphatic rings. The van der Waals surface area contributed by atoms with Crippen LogP contribution in [0.1, 0.15) is 16.1 Å². The number of furan rings is 1. The lowest BCUT2D eigenvalue weighted by Gasteiger charge is -2.08. The van der Waals surface area contributed by atoms with Gasteiger partial charge in [-0.3, -0.25) is 4.79 Å². The Hall–Kier alpha value is -2.12. The molecule has 3 rings (SSSR count). The van der Waals surface area contributed by atoms with Crippen LogP contribution in [0.25, 0.3) is 5.69 Å². The van der Waals surface area contributed by atoms with Crippen molar-refractivity contribution in [3.8, 4) is 5.69 Å². The number of amides is 1. The van der Waals surface area contributed by atoms with Gasteiger partial charge in [0.15, 0.2) is 4.67 Å². The van der Waals surface area contributed by atoms with Gasteiger partial charge in [-0.25, -0.2) is 5.43 Å². The van der Waals surface area contributed by atoms with E-state index < -0.39 is 0 Å². The summed E-state index contributed by atoms with van der Waals surface area (Å²) in [5.74, 6) is 0.220. The molecule has 0 saturated heterocycles. The summed E-state index contributed by atoms with van der Waals surface area (Å²) in [5.41, 5.74) is 3.82. The van der Waals surface area contributed by atoms with Gasteiger partial charge in [-0.05, 0) is 56.1 Å². The number of hydrogen-bond donors (Lipinski definition) is 1. The lowest BCUT2D eigenvalue weighted by molar-refractivity contribution is 0.0955. The summed E-state index contributed by atoms with van der Waals surface area (Å²) in [4.78, 5) is 12.3. The number of aromatic nitrogens is 1. The van der Waals surface area contributed by atoms with Crippen molar-refractivity contribution in [2.24, 2.45) is 5.10 Å². The van der Waals surface area contributed by atoms with Gasteiger partial charge < -0.3 is 8.98 Å². The van der Waals surface area contributed by atoms with Crippen molar-refractivity contribution in [3.63, 3.8) is 0 Å². The monoisotopic (exact) mass is 435 g/mol. The number of benzene rings is 1. The van der Waals surface area contributed by atoms with E-state index in [4.69, 9.17) is 4.42 Å². The Balaban J connectivity index is 1.76. The van der Waals surface area contributed by atoms with Gasteiger partial charge in [-0.1, -0.05) is 12.1 Å². The summed E-state index contributed by atoms with van der Waals surface area (Å²) in [5, 5.41) is 3.93. The van der Waals surface area contributed by atoms with Crippen molar-refractivity contribution < 1.29 is 9.21 Å². The normalized spacial score (nSPS) is 11.0. The molecule has 0 saturated carbocycles. The second-order valence-corrected chi connectivity index (χ2v) is 6.15. The molecule has 1 N–H and O–H groups in total. The number of nitrogens with one attached hydrogen (secondary N) is 1. The molecule has 0 atom stereocenters. The molecule has 3 aromatic rings. The fraction of sp³-hybridized carbons (Fsp3) is 0.